The largest absolute Gasteiger partial charge is 0.416 e. The van der Waals surface area contributed by atoms with Gasteiger partial charge < -0.3 is 5.73 Å². The highest BCUT2D eigenvalue weighted by Crippen LogP contribution is 2.30. The minimum absolute atomic E-state index is 0.206. The van der Waals surface area contributed by atoms with Crippen LogP contribution in [0.3, 0.4) is 0 Å². The van der Waals surface area contributed by atoms with Crippen LogP contribution < -0.4 is 5.73 Å². The molecule has 3 nitrogen and oxygen atoms in total. The molecule has 3 aromatic rings. The van der Waals surface area contributed by atoms with Gasteiger partial charge in [0.05, 0.1) is 17.4 Å². The zero-order valence-electron chi connectivity index (χ0n) is 12.4. The van der Waals surface area contributed by atoms with E-state index in [1.807, 2.05) is 0 Å². The smallest absolute Gasteiger partial charge is 0.326 e. The molecule has 7 heteroatoms. The van der Waals surface area contributed by atoms with E-state index in [0.717, 1.165) is 12.1 Å². The van der Waals surface area contributed by atoms with E-state index in [1.54, 1.807) is 12.3 Å². The van der Waals surface area contributed by atoms with Crippen molar-refractivity contribution in [2.45, 2.75) is 12.7 Å². The number of halogens is 4. The molecule has 0 spiro atoms. The van der Waals surface area contributed by atoms with Crippen molar-refractivity contribution in [1.29, 1.82) is 0 Å². The maximum Gasteiger partial charge on any atom is 0.416 e. The summed E-state index contributed by atoms with van der Waals surface area (Å²) in [6.45, 7) is 0.206. The third-order valence-corrected chi connectivity index (χ3v) is 3.57. The van der Waals surface area contributed by atoms with Gasteiger partial charge in [-0.1, -0.05) is 0 Å². The van der Waals surface area contributed by atoms with Crippen LogP contribution >= 0.6 is 0 Å². The molecule has 2 aromatic carbocycles. The van der Waals surface area contributed by atoms with Crippen molar-refractivity contribution in [2.75, 3.05) is 0 Å². The average molecular weight is 335 g/mol. The van der Waals surface area contributed by atoms with E-state index >= 15 is 0 Å². The summed E-state index contributed by atoms with van der Waals surface area (Å²) in [5.74, 6) is -0.407. The number of hydrogen-bond acceptors (Lipinski definition) is 2. The summed E-state index contributed by atoms with van der Waals surface area (Å²) in [5.41, 5.74) is 7.18. The fourth-order valence-corrected chi connectivity index (χ4v) is 2.35. The molecule has 0 saturated carbocycles. The van der Waals surface area contributed by atoms with Gasteiger partial charge in [-0.3, -0.25) is 0 Å². The number of nitrogens with two attached hydrogens (primary N) is 1. The van der Waals surface area contributed by atoms with Gasteiger partial charge >= 0.3 is 6.18 Å². The number of hydrogen-bond donors (Lipinski definition) is 1. The first-order chi connectivity index (χ1) is 11.4. The van der Waals surface area contributed by atoms with Crippen LogP contribution in [0.2, 0.25) is 0 Å². The normalized spacial score (nSPS) is 11.7. The van der Waals surface area contributed by atoms with Crippen LogP contribution in [-0.4, -0.2) is 9.78 Å². The Morgan fingerprint density at radius 1 is 1.00 bits per heavy atom. The van der Waals surface area contributed by atoms with Gasteiger partial charge in [-0.05, 0) is 53.6 Å². The highest BCUT2D eigenvalue weighted by Gasteiger charge is 2.30. The summed E-state index contributed by atoms with van der Waals surface area (Å²) in [7, 11) is 0. The van der Waals surface area contributed by atoms with Crippen molar-refractivity contribution in [2.24, 2.45) is 5.73 Å². The summed E-state index contributed by atoms with van der Waals surface area (Å²) in [5, 5.41) is 4.12. The monoisotopic (exact) mass is 335 g/mol. The molecule has 124 valence electrons. The summed E-state index contributed by atoms with van der Waals surface area (Å²) in [6, 6.07) is 9.10. The second-order valence-corrected chi connectivity index (χ2v) is 5.27. The summed E-state index contributed by atoms with van der Waals surface area (Å²) in [6.07, 6.45) is -1.24. The fraction of sp³-hybridized carbons (Fsp3) is 0.118. The quantitative estimate of drug-likeness (QED) is 0.731. The fourth-order valence-electron chi connectivity index (χ4n) is 2.35. The lowest BCUT2D eigenvalue weighted by atomic mass is 10.1. The Morgan fingerprint density at radius 2 is 1.71 bits per heavy atom. The van der Waals surface area contributed by atoms with E-state index in [4.69, 9.17) is 5.73 Å². The predicted octanol–water partition coefficient (Wildman–Crippen LogP) is 4.16. The van der Waals surface area contributed by atoms with Crippen molar-refractivity contribution >= 4 is 0 Å². The highest BCUT2D eigenvalue weighted by molar-refractivity contribution is 5.63. The van der Waals surface area contributed by atoms with Crippen LogP contribution in [0.4, 0.5) is 17.6 Å². The highest BCUT2D eigenvalue weighted by atomic mass is 19.4. The van der Waals surface area contributed by atoms with Crippen molar-refractivity contribution in [3.8, 4) is 16.8 Å². The van der Waals surface area contributed by atoms with Crippen LogP contribution in [-0.2, 0) is 12.7 Å². The van der Waals surface area contributed by atoms with Crippen LogP contribution in [0.25, 0.3) is 16.8 Å². The summed E-state index contributed by atoms with van der Waals surface area (Å²) in [4.78, 5) is 0. The first kappa shape index (κ1) is 16.2. The Morgan fingerprint density at radius 3 is 2.33 bits per heavy atom. The van der Waals surface area contributed by atoms with E-state index in [9.17, 15) is 17.6 Å². The second kappa shape index (κ2) is 6.09. The number of nitrogens with zero attached hydrogens (tertiary/aromatic N) is 2. The van der Waals surface area contributed by atoms with Crippen LogP contribution in [0.15, 0.2) is 54.9 Å². The Balaban J connectivity index is 1.92. The van der Waals surface area contributed by atoms with Gasteiger partial charge in [0, 0.05) is 18.3 Å². The van der Waals surface area contributed by atoms with Gasteiger partial charge in [0.1, 0.15) is 5.82 Å². The topological polar surface area (TPSA) is 43.8 Å². The van der Waals surface area contributed by atoms with Crippen molar-refractivity contribution in [1.82, 2.24) is 9.78 Å². The standard InChI is InChI=1S/C17H13F4N3/c18-15-6-11(8-22)5-12(7-15)13-9-23-24(10-13)16-3-1-14(2-4-16)17(19,20)21/h1-7,9-10H,8,22H2. The van der Waals surface area contributed by atoms with Gasteiger partial charge in [-0.25, -0.2) is 9.07 Å². The average Bonchev–Trinajstić information content (AvgIpc) is 3.03. The van der Waals surface area contributed by atoms with E-state index in [-0.39, 0.29) is 6.54 Å². The molecular formula is C17H13F4N3. The summed E-state index contributed by atoms with van der Waals surface area (Å²) >= 11 is 0. The molecule has 0 aliphatic carbocycles. The molecule has 1 heterocycles. The van der Waals surface area contributed by atoms with Gasteiger partial charge in [0.25, 0.3) is 0 Å². The maximum atomic E-state index is 13.6. The first-order valence-electron chi connectivity index (χ1n) is 7.09. The minimum Gasteiger partial charge on any atom is -0.326 e. The molecule has 0 bridgehead atoms. The number of benzene rings is 2. The predicted molar refractivity (Wildman–Crippen MR) is 81.9 cm³/mol. The Kier molecular flexibility index (Phi) is 4.11. The molecule has 0 aliphatic heterocycles. The lowest BCUT2D eigenvalue weighted by molar-refractivity contribution is -0.137. The van der Waals surface area contributed by atoms with Gasteiger partial charge in [0.15, 0.2) is 0 Å². The van der Waals surface area contributed by atoms with Crippen LogP contribution in [0.1, 0.15) is 11.1 Å². The SMILES string of the molecule is NCc1cc(F)cc(-c2cnn(-c3ccc(C(F)(F)F)cc3)c2)c1. The maximum absolute atomic E-state index is 13.6. The minimum atomic E-state index is -4.38. The zero-order chi connectivity index (χ0) is 17.3. The van der Waals surface area contributed by atoms with Crippen LogP contribution in [0, 0.1) is 5.82 Å². The van der Waals surface area contributed by atoms with E-state index < -0.39 is 17.6 Å². The number of aromatic nitrogens is 2. The molecule has 0 fully saturated rings. The Hall–Kier alpha value is -2.67. The van der Waals surface area contributed by atoms with Crippen molar-refractivity contribution in [3.63, 3.8) is 0 Å². The summed E-state index contributed by atoms with van der Waals surface area (Å²) < 4.78 is 52.8. The lowest BCUT2D eigenvalue weighted by Crippen LogP contribution is -2.05. The molecule has 0 radical (unpaired) electrons. The third kappa shape index (κ3) is 3.30. The molecule has 2 N–H and O–H groups in total. The van der Waals surface area contributed by atoms with Crippen molar-refractivity contribution < 1.29 is 17.6 Å². The third-order valence-electron chi connectivity index (χ3n) is 3.57. The Bertz CT molecular complexity index is 851. The molecule has 0 aliphatic rings. The molecule has 0 saturated heterocycles. The Labute approximate surface area is 135 Å². The van der Waals surface area contributed by atoms with E-state index in [2.05, 4.69) is 5.10 Å². The number of alkyl halides is 3. The molecule has 0 amide bonds. The molecule has 24 heavy (non-hydrogen) atoms. The first-order valence-corrected chi connectivity index (χ1v) is 7.09. The van der Waals surface area contributed by atoms with Crippen LogP contribution in [0.5, 0.6) is 0 Å². The zero-order valence-corrected chi connectivity index (χ0v) is 12.4. The molecular weight excluding hydrogens is 322 g/mol. The van der Waals surface area contributed by atoms with E-state index in [0.29, 0.717) is 22.4 Å². The lowest BCUT2D eigenvalue weighted by Gasteiger charge is -2.07. The van der Waals surface area contributed by atoms with Gasteiger partial charge in [0.2, 0.25) is 0 Å². The van der Waals surface area contributed by atoms with Gasteiger partial charge in [-0.2, -0.15) is 18.3 Å². The molecule has 0 atom stereocenters. The van der Waals surface area contributed by atoms with Gasteiger partial charge in [-0.15, -0.1) is 0 Å². The van der Waals surface area contributed by atoms with Crippen molar-refractivity contribution in [3.05, 3.63) is 71.8 Å². The molecule has 1 aromatic heterocycles. The van der Waals surface area contributed by atoms with E-state index in [1.165, 1.54) is 35.1 Å². The molecule has 0 unspecified atom stereocenters. The number of rotatable bonds is 3. The molecule has 3 rings (SSSR count). The second-order valence-electron chi connectivity index (χ2n) is 5.27.